The van der Waals surface area contributed by atoms with Gasteiger partial charge in [0.25, 0.3) is 0 Å². The molecule has 9 heteroatoms. The van der Waals surface area contributed by atoms with E-state index >= 15 is 0 Å². The van der Waals surface area contributed by atoms with Crippen molar-refractivity contribution in [3.05, 3.63) is 84.4 Å². The summed E-state index contributed by atoms with van der Waals surface area (Å²) in [6, 6.07) is 21.8. The highest BCUT2D eigenvalue weighted by atomic mass is 32.2. The molecule has 1 amide bonds. The summed E-state index contributed by atoms with van der Waals surface area (Å²) in [6.07, 6.45) is 1.02. The van der Waals surface area contributed by atoms with E-state index in [0.29, 0.717) is 22.9 Å². The van der Waals surface area contributed by atoms with Gasteiger partial charge >= 0.3 is 5.97 Å². The Hall–Kier alpha value is -3.85. The molecule has 0 unspecified atom stereocenters. The molecular formula is C24H24N2O6S. The van der Waals surface area contributed by atoms with Crippen LogP contribution in [-0.4, -0.2) is 39.7 Å². The first-order valence-electron chi connectivity index (χ1n) is 10.1. The first kappa shape index (κ1) is 23.8. The lowest BCUT2D eigenvalue weighted by Gasteiger charge is -2.22. The van der Waals surface area contributed by atoms with Gasteiger partial charge < -0.3 is 14.8 Å². The van der Waals surface area contributed by atoms with Gasteiger partial charge in [-0.05, 0) is 61.5 Å². The number of anilines is 2. The van der Waals surface area contributed by atoms with Gasteiger partial charge in [-0.15, -0.1) is 0 Å². The predicted octanol–water partition coefficient (Wildman–Crippen LogP) is 4.06. The molecule has 3 aromatic rings. The Kier molecular flexibility index (Phi) is 7.68. The van der Waals surface area contributed by atoms with E-state index in [4.69, 9.17) is 9.47 Å². The van der Waals surface area contributed by atoms with Gasteiger partial charge in [-0.2, -0.15) is 0 Å². The molecule has 0 saturated heterocycles. The Morgan fingerprint density at radius 2 is 1.58 bits per heavy atom. The van der Waals surface area contributed by atoms with Gasteiger partial charge in [-0.25, -0.2) is 13.2 Å². The van der Waals surface area contributed by atoms with Crippen molar-refractivity contribution < 1.29 is 27.5 Å². The number of ether oxygens (including phenoxy) is 2. The van der Waals surface area contributed by atoms with E-state index in [-0.39, 0.29) is 12.2 Å². The fourth-order valence-corrected chi connectivity index (χ4v) is 3.83. The molecule has 0 bridgehead atoms. The topological polar surface area (TPSA) is 102 Å². The lowest BCUT2D eigenvalue weighted by Crippen LogP contribution is -2.37. The summed E-state index contributed by atoms with van der Waals surface area (Å²) in [5.74, 6) is 0.100. The van der Waals surface area contributed by atoms with Crippen LogP contribution in [0.3, 0.4) is 0 Å². The zero-order valence-corrected chi connectivity index (χ0v) is 19.0. The zero-order chi connectivity index (χ0) is 23.8. The maximum Gasteiger partial charge on any atom is 0.338 e. The third-order valence-electron chi connectivity index (χ3n) is 4.45. The summed E-state index contributed by atoms with van der Waals surface area (Å²) in [6.45, 7) is 1.49. The number of sulfonamides is 1. The van der Waals surface area contributed by atoms with E-state index in [9.17, 15) is 18.0 Å². The van der Waals surface area contributed by atoms with E-state index < -0.39 is 28.4 Å². The quantitative estimate of drug-likeness (QED) is 0.475. The van der Waals surface area contributed by atoms with Gasteiger partial charge in [0, 0.05) is 5.69 Å². The number of nitrogens with zero attached hydrogens (tertiary/aromatic N) is 1. The largest absolute Gasteiger partial charge is 0.462 e. The number of carbonyl (C=O) groups is 2. The minimum atomic E-state index is -3.75. The number of rotatable bonds is 9. The van der Waals surface area contributed by atoms with Gasteiger partial charge in [0.1, 0.15) is 18.0 Å². The normalized spacial score (nSPS) is 10.8. The van der Waals surface area contributed by atoms with Crippen molar-refractivity contribution in [1.29, 1.82) is 0 Å². The highest BCUT2D eigenvalue weighted by Crippen LogP contribution is 2.25. The SMILES string of the molecule is CCOC(=O)c1cccc(NC(=O)CN(c2ccc(Oc3ccccc3)cc2)S(C)(=O)=O)c1. The first-order valence-corrected chi connectivity index (χ1v) is 12.0. The van der Waals surface area contributed by atoms with Crippen molar-refractivity contribution in [2.75, 3.05) is 29.0 Å². The molecular weight excluding hydrogens is 444 g/mol. The third-order valence-corrected chi connectivity index (χ3v) is 5.59. The molecule has 0 saturated carbocycles. The van der Waals surface area contributed by atoms with E-state index in [1.54, 1.807) is 61.5 Å². The zero-order valence-electron chi connectivity index (χ0n) is 18.2. The number of amides is 1. The average Bonchev–Trinajstić information content (AvgIpc) is 2.78. The predicted molar refractivity (Wildman–Crippen MR) is 126 cm³/mol. The van der Waals surface area contributed by atoms with Gasteiger partial charge in [-0.1, -0.05) is 24.3 Å². The second-order valence-electron chi connectivity index (χ2n) is 7.03. The van der Waals surface area contributed by atoms with Crippen LogP contribution >= 0.6 is 0 Å². The van der Waals surface area contributed by atoms with Crippen LogP contribution in [0.4, 0.5) is 11.4 Å². The van der Waals surface area contributed by atoms with Crippen LogP contribution in [0.25, 0.3) is 0 Å². The number of hydrogen-bond acceptors (Lipinski definition) is 6. The van der Waals surface area contributed by atoms with Crippen LogP contribution in [-0.2, 0) is 19.6 Å². The molecule has 0 aromatic heterocycles. The van der Waals surface area contributed by atoms with Crippen molar-refractivity contribution in [1.82, 2.24) is 0 Å². The van der Waals surface area contributed by atoms with Crippen LogP contribution in [0.1, 0.15) is 17.3 Å². The third kappa shape index (κ3) is 6.81. The number of carbonyl (C=O) groups excluding carboxylic acids is 2. The number of para-hydroxylation sites is 1. The fourth-order valence-electron chi connectivity index (χ4n) is 2.97. The molecule has 1 N–H and O–H groups in total. The lowest BCUT2D eigenvalue weighted by atomic mass is 10.2. The Balaban J connectivity index is 1.72. The minimum absolute atomic E-state index is 0.230. The van der Waals surface area contributed by atoms with Crippen LogP contribution in [0.15, 0.2) is 78.9 Å². The molecule has 3 rings (SSSR count). The van der Waals surface area contributed by atoms with Gasteiger partial charge in [-0.3, -0.25) is 9.10 Å². The van der Waals surface area contributed by atoms with Crippen LogP contribution in [0.2, 0.25) is 0 Å². The molecule has 33 heavy (non-hydrogen) atoms. The van der Waals surface area contributed by atoms with Crippen molar-refractivity contribution in [2.24, 2.45) is 0 Å². The Bertz CT molecular complexity index is 1210. The minimum Gasteiger partial charge on any atom is -0.462 e. The molecule has 0 spiro atoms. The summed E-state index contributed by atoms with van der Waals surface area (Å²) < 4.78 is 36.4. The summed E-state index contributed by atoms with van der Waals surface area (Å²) in [5.41, 5.74) is 0.947. The van der Waals surface area contributed by atoms with E-state index in [0.717, 1.165) is 10.6 Å². The van der Waals surface area contributed by atoms with Crippen molar-refractivity contribution in [3.8, 4) is 11.5 Å². The van der Waals surface area contributed by atoms with E-state index in [2.05, 4.69) is 5.32 Å². The molecule has 0 heterocycles. The number of esters is 1. The Morgan fingerprint density at radius 3 is 2.21 bits per heavy atom. The second kappa shape index (κ2) is 10.6. The molecule has 8 nitrogen and oxygen atoms in total. The summed E-state index contributed by atoms with van der Waals surface area (Å²) in [4.78, 5) is 24.5. The van der Waals surface area contributed by atoms with Crippen LogP contribution in [0.5, 0.6) is 11.5 Å². The van der Waals surface area contributed by atoms with Gasteiger partial charge in [0.2, 0.25) is 15.9 Å². The molecule has 3 aromatic carbocycles. The van der Waals surface area contributed by atoms with Crippen LogP contribution in [0, 0.1) is 0 Å². The summed E-state index contributed by atoms with van der Waals surface area (Å²) >= 11 is 0. The fraction of sp³-hybridized carbons (Fsp3) is 0.167. The smallest absolute Gasteiger partial charge is 0.338 e. The maximum absolute atomic E-state index is 12.6. The van der Waals surface area contributed by atoms with Crippen molar-refractivity contribution >= 4 is 33.3 Å². The van der Waals surface area contributed by atoms with Crippen molar-refractivity contribution in [3.63, 3.8) is 0 Å². The molecule has 0 fully saturated rings. The van der Waals surface area contributed by atoms with Crippen LogP contribution < -0.4 is 14.4 Å². The van der Waals surface area contributed by atoms with E-state index in [1.165, 1.54) is 6.07 Å². The maximum atomic E-state index is 12.6. The highest BCUT2D eigenvalue weighted by molar-refractivity contribution is 7.92. The second-order valence-corrected chi connectivity index (χ2v) is 8.93. The van der Waals surface area contributed by atoms with Gasteiger partial charge in [0.05, 0.1) is 24.1 Å². The number of benzene rings is 3. The molecule has 0 aliphatic carbocycles. The van der Waals surface area contributed by atoms with Gasteiger partial charge in [0.15, 0.2) is 0 Å². The monoisotopic (exact) mass is 468 g/mol. The number of hydrogen-bond donors (Lipinski definition) is 1. The highest BCUT2D eigenvalue weighted by Gasteiger charge is 2.21. The molecule has 0 radical (unpaired) electrons. The first-order chi connectivity index (χ1) is 15.8. The summed E-state index contributed by atoms with van der Waals surface area (Å²) in [7, 11) is -3.75. The Morgan fingerprint density at radius 1 is 0.909 bits per heavy atom. The molecule has 0 atom stereocenters. The van der Waals surface area contributed by atoms with Crippen molar-refractivity contribution in [2.45, 2.75) is 6.92 Å². The lowest BCUT2D eigenvalue weighted by molar-refractivity contribution is -0.114. The number of nitrogens with one attached hydrogen (secondary N) is 1. The standard InChI is InChI=1S/C24H24N2O6S/c1-3-31-24(28)18-8-7-9-19(16-18)25-23(27)17-26(33(2,29)30)20-12-14-22(15-13-20)32-21-10-5-4-6-11-21/h4-16H,3,17H2,1-2H3,(H,25,27). The molecule has 172 valence electrons. The Labute approximate surface area is 192 Å². The molecule has 0 aliphatic heterocycles. The average molecular weight is 469 g/mol. The summed E-state index contributed by atoms with van der Waals surface area (Å²) in [5, 5.41) is 2.62. The molecule has 0 aliphatic rings. The van der Waals surface area contributed by atoms with E-state index in [1.807, 2.05) is 18.2 Å².